The summed E-state index contributed by atoms with van der Waals surface area (Å²) in [4.78, 5) is 22.8. The van der Waals surface area contributed by atoms with Gasteiger partial charge >= 0.3 is 5.97 Å². The molecule has 0 aliphatic heterocycles. The lowest BCUT2D eigenvalue weighted by molar-refractivity contribution is -0.141. The van der Waals surface area contributed by atoms with Crippen molar-refractivity contribution in [1.29, 1.82) is 0 Å². The second kappa shape index (κ2) is 7.82. The van der Waals surface area contributed by atoms with Gasteiger partial charge in [-0.15, -0.1) is 0 Å². The number of aryl methyl sites for hydroxylation is 1. The molecule has 2 rings (SSSR count). The molecule has 1 saturated carbocycles. The minimum absolute atomic E-state index is 0.0181. The predicted molar refractivity (Wildman–Crippen MR) is 82.8 cm³/mol. The second-order valence-electron chi connectivity index (χ2n) is 5.81. The Morgan fingerprint density at radius 1 is 1.27 bits per heavy atom. The number of aliphatic carboxylic acids is 1. The van der Waals surface area contributed by atoms with Gasteiger partial charge in [-0.3, -0.25) is 9.59 Å². The Balaban J connectivity index is 1.66. The van der Waals surface area contributed by atoms with Crippen LogP contribution in [0, 0.1) is 5.92 Å². The van der Waals surface area contributed by atoms with Gasteiger partial charge in [0.25, 0.3) is 0 Å². The third-order valence-electron chi connectivity index (χ3n) is 4.18. The van der Waals surface area contributed by atoms with Crippen LogP contribution in [-0.2, 0) is 16.0 Å². The van der Waals surface area contributed by atoms with Crippen molar-refractivity contribution in [3.8, 4) is 5.75 Å². The SMILES string of the molecule is COc1ccc(CCCC(=O)N[C@@H]2CC[C@H](C(=O)O)C2)cc1. The smallest absolute Gasteiger partial charge is 0.306 e. The van der Waals surface area contributed by atoms with Crippen molar-refractivity contribution in [2.45, 2.75) is 44.6 Å². The van der Waals surface area contributed by atoms with Crippen LogP contribution in [0.5, 0.6) is 5.75 Å². The Morgan fingerprint density at radius 2 is 2.00 bits per heavy atom. The van der Waals surface area contributed by atoms with Crippen LogP contribution in [0.4, 0.5) is 0 Å². The van der Waals surface area contributed by atoms with E-state index in [1.54, 1.807) is 7.11 Å². The first-order chi connectivity index (χ1) is 10.6. The van der Waals surface area contributed by atoms with Crippen molar-refractivity contribution in [2.75, 3.05) is 7.11 Å². The molecule has 0 bridgehead atoms. The summed E-state index contributed by atoms with van der Waals surface area (Å²) < 4.78 is 5.11. The Hall–Kier alpha value is -2.04. The average molecular weight is 305 g/mol. The molecular weight excluding hydrogens is 282 g/mol. The highest BCUT2D eigenvalue weighted by Crippen LogP contribution is 2.25. The number of carboxylic acids is 1. The standard InChI is InChI=1S/C17H23NO4/c1-22-15-9-5-12(6-10-15)3-2-4-16(19)18-14-8-7-13(11-14)17(20)21/h5-6,9-10,13-14H,2-4,7-8,11H2,1H3,(H,18,19)(H,20,21)/t13-,14+/m0/s1. The molecule has 1 aromatic rings. The number of carboxylic acid groups (broad SMARTS) is 1. The van der Waals surface area contributed by atoms with E-state index in [9.17, 15) is 9.59 Å². The summed E-state index contributed by atoms with van der Waals surface area (Å²) in [6, 6.07) is 7.87. The lowest BCUT2D eigenvalue weighted by Gasteiger charge is -2.12. The fraction of sp³-hybridized carbons (Fsp3) is 0.529. The van der Waals surface area contributed by atoms with E-state index in [1.165, 1.54) is 5.56 Å². The molecule has 120 valence electrons. The summed E-state index contributed by atoms with van der Waals surface area (Å²) >= 11 is 0. The summed E-state index contributed by atoms with van der Waals surface area (Å²) in [5.74, 6) is -0.207. The van der Waals surface area contributed by atoms with Crippen molar-refractivity contribution in [3.63, 3.8) is 0 Å². The molecule has 2 N–H and O–H groups in total. The third-order valence-corrected chi connectivity index (χ3v) is 4.18. The molecule has 1 aromatic carbocycles. The molecule has 0 heterocycles. The minimum atomic E-state index is -0.753. The van der Waals surface area contributed by atoms with Gasteiger partial charge in [0.1, 0.15) is 5.75 Å². The fourth-order valence-electron chi connectivity index (χ4n) is 2.88. The van der Waals surface area contributed by atoms with E-state index in [1.807, 2.05) is 24.3 Å². The lowest BCUT2D eigenvalue weighted by Crippen LogP contribution is -2.33. The third kappa shape index (κ3) is 4.76. The molecule has 0 radical (unpaired) electrons. The largest absolute Gasteiger partial charge is 0.497 e. The lowest BCUT2D eigenvalue weighted by atomic mass is 10.1. The van der Waals surface area contributed by atoms with Crippen molar-refractivity contribution < 1.29 is 19.4 Å². The van der Waals surface area contributed by atoms with Crippen LogP contribution in [0.25, 0.3) is 0 Å². The van der Waals surface area contributed by atoms with Crippen LogP contribution in [0.1, 0.15) is 37.7 Å². The minimum Gasteiger partial charge on any atom is -0.497 e. The summed E-state index contributed by atoms with van der Waals surface area (Å²) in [5.41, 5.74) is 1.18. The van der Waals surface area contributed by atoms with Crippen molar-refractivity contribution >= 4 is 11.9 Å². The quantitative estimate of drug-likeness (QED) is 0.811. The van der Waals surface area contributed by atoms with Crippen LogP contribution in [0.3, 0.4) is 0 Å². The van der Waals surface area contributed by atoms with E-state index in [-0.39, 0.29) is 17.9 Å². The number of carbonyl (C=O) groups is 2. The average Bonchev–Trinajstić information content (AvgIpc) is 2.96. The highest BCUT2D eigenvalue weighted by molar-refractivity contribution is 5.76. The van der Waals surface area contributed by atoms with Gasteiger partial charge in [0.2, 0.25) is 5.91 Å². The molecular formula is C17H23NO4. The van der Waals surface area contributed by atoms with Crippen LogP contribution in [0.15, 0.2) is 24.3 Å². The van der Waals surface area contributed by atoms with Gasteiger partial charge in [-0.2, -0.15) is 0 Å². The summed E-state index contributed by atoms with van der Waals surface area (Å²) in [6.45, 7) is 0. The Bertz CT molecular complexity index is 512. The van der Waals surface area contributed by atoms with Gasteiger partial charge in [0, 0.05) is 12.5 Å². The predicted octanol–water partition coefficient (Wildman–Crippen LogP) is 2.39. The first-order valence-electron chi connectivity index (χ1n) is 7.73. The number of hydrogen-bond donors (Lipinski definition) is 2. The molecule has 1 aliphatic rings. The zero-order valence-electron chi connectivity index (χ0n) is 12.9. The molecule has 2 atom stereocenters. The monoisotopic (exact) mass is 305 g/mol. The molecule has 0 unspecified atom stereocenters. The normalized spacial score (nSPS) is 20.6. The summed E-state index contributed by atoms with van der Waals surface area (Å²) in [5, 5.41) is 11.9. The van der Waals surface area contributed by atoms with E-state index >= 15 is 0 Å². The maximum atomic E-state index is 11.9. The summed E-state index contributed by atoms with van der Waals surface area (Å²) in [6.07, 6.45) is 4.08. The molecule has 1 amide bonds. The molecule has 1 aliphatic carbocycles. The van der Waals surface area contributed by atoms with Crippen molar-refractivity contribution in [3.05, 3.63) is 29.8 Å². The molecule has 0 saturated heterocycles. The Morgan fingerprint density at radius 3 is 2.59 bits per heavy atom. The van der Waals surface area contributed by atoms with Gasteiger partial charge < -0.3 is 15.2 Å². The molecule has 0 spiro atoms. The second-order valence-corrected chi connectivity index (χ2v) is 5.81. The van der Waals surface area contributed by atoms with Crippen molar-refractivity contribution in [1.82, 2.24) is 5.32 Å². The van der Waals surface area contributed by atoms with E-state index in [2.05, 4.69) is 5.32 Å². The Labute approximate surface area is 130 Å². The van der Waals surface area contributed by atoms with Crippen LogP contribution in [0.2, 0.25) is 0 Å². The van der Waals surface area contributed by atoms with E-state index in [0.29, 0.717) is 19.3 Å². The zero-order valence-corrected chi connectivity index (χ0v) is 12.9. The van der Waals surface area contributed by atoms with Gasteiger partial charge in [-0.05, 0) is 49.8 Å². The number of carbonyl (C=O) groups excluding carboxylic acids is 1. The first-order valence-corrected chi connectivity index (χ1v) is 7.73. The number of benzene rings is 1. The molecule has 5 heteroatoms. The number of hydrogen-bond acceptors (Lipinski definition) is 3. The zero-order chi connectivity index (χ0) is 15.9. The van der Waals surface area contributed by atoms with Crippen LogP contribution in [-0.4, -0.2) is 30.1 Å². The highest BCUT2D eigenvalue weighted by atomic mass is 16.5. The van der Waals surface area contributed by atoms with Crippen molar-refractivity contribution in [2.24, 2.45) is 5.92 Å². The maximum absolute atomic E-state index is 11.9. The van der Waals surface area contributed by atoms with E-state index in [0.717, 1.165) is 25.0 Å². The number of rotatable bonds is 7. The van der Waals surface area contributed by atoms with Crippen LogP contribution >= 0.6 is 0 Å². The number of ether oxygens (including phenoxy) is 1. The number of amides is 1. The highest BCUT2D eigenvalue weighted by Gasteiger charge is 2.30. The fourth-order valence-corrected chi connectivity index (χ4v) is 2.88. The molecule has 0 aromatic heterocycles. The molecule has 22 heavy (non-hydrogen) atoms. The van der Waals surface area contributed by atoms with Gasteiger partial charge in [-0.1, -0.05) is 12.1 Å². The van der Waals surface area contributed by atoms with E-state index < -0.39 is 5.97 Å². The summed E-state index contributed by atoms with van der Waals surface area (Å²) in [7, 11) is 1.64. The van der Waals surface area contributed by atoms with Crippen LogP contribution < -0.4 is 10.1 Å². The van der Waals surface area contributed by atoms with Gasteiger partial charge in [0.15, 0.2) is 0 Å². The van der Waals surface area contributed by atoms with E-state index in [4.69, 9.17) is 9.84 Å². The topological polar surface area (TPSA) is 75.6 Å². The van der Waals surface area contributed by atoms with Gasteiger partial charge in [0.05, 0.1) is 13.0 Å². The maximum Gasteiger partial charge on any atom is 0.306 e. The number of nitrogens with one attached hydrogen (secondary N) is 1. The molecule has 5 nitrogen and oxygen atoms in total. The first kappa shape index (κ1) is 16.3. The Kier molecular flexibility index (Phi) is 5.81. The molecule has 1 fully saturated rings. The number of methoxy groups -OCH3 is 1. The van der Waals surface area contributed by atoms with Gasteiger partial charge in [-0.25, -0.2) is 0 Å².